The number of piperidine rings is 1. The minimum absolute atomic E-state index is 0.100. The van der Waals surface area contributed by atoms with Gasteiger partial charge in [0.05, 0.1) is 19.6 Å². The number of fused-ring (bicyclic) bond motifs is 1. The van der Waals surface area contributed by atoms with Crippen molar-refractivity contribution < 1.29 is 23.5 Å². The molecule has 7 heteroatoms. The molecule has 0 atom stereocenters. The molecule has 2 heterocycles. The number of likely N-dealkylation sites (tertiary alicyclic amines) is 1. The standard InChI is InChI=1S/C30H31FN2O4/c1-36-26-15-24(16-27(17-26)37-2)28(34)32-13-11-30(12-14-32)18-22-5-3-4-6-23(22)20-33(29(30)35)19-21-7-9-25(31)10-8-21/h3-10,15-17H,11-14,18-20H2,1-2H3. The highest BCUT2D eigenvalue weighted by Gasteiger charge is 2.46. The lowest BCUT2D eigenvalue weighted by Gasteiger charge is -2.42. The Morgan fingerprint density at radius 1 is 0.919 bits per heavy atom. The predicted molar refractivity (Wildman–Crippen MR) is 138 cm³/mol. The minimum atomic E-state index is -0.588. The van der Waals surface area contributed by atoms with Gasteiger partial charge in [0, 0.05) is 37.8 Å². The topological polar surface area (TPSA) is 59.1 Å². The summed E-state index contributed by atoms with van der Waals surface area (Å²) in [7, 11) is 3.11. The van der Waals surface area contributed by atoms with E-state index in [1.54, 1.807) is 44.6 Å². The van der Waals surface area contributed by atoms with Gasteiger partial charge in [-0.1, -0.05) is 36.4 Å². The molecule has 37 heavy (non-hydrogen) atoms. The summed E-state index contributed by atoms with van der Waals surface area (Å²) in [6.07, 6.45) is 1.80. The van der Waals surface area contributed by atoms with Crippen LogP contribution in [0.3, 0.4) is 0 Å². The summed E-state index contributed by atoms with van der Waals surface area (Å²) < 4.78 is 24.1. The van der Waals surface area contributed by atoms with Crippen molar-refractivity contribution in [3.63, 3.8) is 0 Å². The maximum atomic E-state index is 14.1. The van der Waals surface area contributed by atoms with Crippen molar-refractivity contribution in [2.24, 2.45) is 5.41 Å². The van der Waals surface area contributed by atoms with Crippen molar-refractivity contribution in [1.82, 2.24) is 9.80 Å². The molecule has 0 unspecified atom stereocenters. The molecule has 0 aliphatic carbocycles. The zero-order valence-electron chi connectivity index (χ0n) is 21.2. The van der Waals surface area contributed by atoms with Gasteiger partial charge < -0.3 is 19.3 Å². The molecule has 0 aromatic heterocycles. The van der Waals surface area contributed by atoms with Gasteiger partial charge in [0.2, 0.25) is 5.91 Å². The Morgan fingerprint density at radius 3 is 2.16 bits per heavy atom. The number of rotatable bonds is 5. The number of benzene rings is 3. The summed E-state index contributed by atoms with van der Waals surface area (Å²) in [5, 5.41) is 0. The van der Waals surface area contributed by atoms with Gasteiger partial charge in [0.1, 0.15) is 17.3 Å². The summed E-state index contributed by atoms with van der Waals surface area (Å²) in [5.41, 5.74) is 3.12. The Labute approximate surface area is 216 Å². The normalized spacial score (nSPS) is 16.8. The number of nitrogens with zero attached hydrogens (tertiary/aromatic N) is 2. The van der Waals surface area contributed by atoms with Gasteiger partial charge in [-0.05, 0) is 60.2 Å². The Kier molecular flexibility index (Phi) is 6.87. The third kappa shape index (κ3) is 5.03. The first-order valence-corrected chi connectivity index (χ1v) is 12.5. The minimum Gasteiger partial charge on any atom is -0.497 e. The highest BCUT2D eigenvalue weighted by Crippen LogP contribution is 2.41. The smallest absolute Gasteiger partial charge is 0.254 e. The highest BCUT2D eigenvalue weighted by atomic mass is 19.1. The van der Waals surface area contributed by atoms with Crippen LogP contribution >= 0.6 is 0 Å². The molecule has 192 valence electrons. The molecule has 0 radical (unpaired) electrons. The zero-order chi connectivity index (χ0) is 26.0. The molecule has 2 aliphatic rings. The van der Waals surface area contributed by atoms with Crippen LogP contribution in [0.25, 0.3) is 0 Å². The second-order valence-corrected chi connectivity index (χ2v) is 9.91. The van der Waals surface area contributed by atoms with E-state index in [9.17, 15) is 14.0 Å². The fourth-order valence-corrected chi connectivity index (χ4v) is 5.52. The van der Waals surface area contributed by atoms with Crippen LogP contribution in [-0.2, 0) is 24.3 Å². The number of carbonyl (C=O) groups is 2. The lowest BCUT2D eigenvalue weighted by atomic mass is 9.72. The van der Waals surface area contributed by atoms with Gasteiger partial charge in [-0.2, -0.15) is 0 Å². The number of ether oxygens (including phenoxy) is 2. The number of hydrogen-bond donors (Lipinski definition) is 0. The van der Waals surface area contributed by atoms with Crippen LogP contribution in [0.2, 0.25) is 0 Å². The lowest BCUT2D eigenvalue weighted by Crippen LogP contribution is -2.51. The Bertz CT molecular complexity index is 1280. The number of hydrogen-bond acceptors (Lipinski definition) is 4. The van der Waals surface area contributed by atoms with Crippen molar-refractivity contribution in [2.75, 3.05) is 27.3 Å². The van der Waals surface area contributed by atoms with E-state index < -0.39 is 5.41 Å². The molecule has 0 saturated carbocycles. The maximum absolute atomic E-state index is 14.1. The average Bonchev–Trinajstić information content (AvgIpc) is 3.04. The number of amides is 2. The van der Waals surface area contributed by atoms with Gasteiger partial charge in [0.15, 0.2) is 0 Å². The fraction of sp³-hybridized carbons (Fsp3) is 0.333. The molecule has 5 rings (SSSR count). The monoisotopic (exact) mass is 502 g/mol. The van der Waals surface area contributed by atoms with Crippen LogP contribution in [0.4, 0.5) is 4.39 Å². The summed E-state index contributed by atoms with van der Waals surface area (Å²) in [6, 6.07) is 19.7. The van der Waals surface area contributed by atoms with Gasteiger partial charge in [0.25, 0.3) is 5.91 Å². The molecule has 0 N–H and O–H groups in total. The van der Waals surface area contributed by atoms with Gasteiger partial charge in [-0.15, -0.1) is 0 Å². The summed E-state index contributed by atoms with van der Waals surface area (Å²) in [6.45, 7) is 1.90. The van der Waals surface area contributed by atoms with Crippen LogP contribution in [0, 0.1) is 11.2 Å². The van der Waals surface area contributed by atoms with E-state index in [1.165, 1.54) is 17.7 Å². The van der Waals surface area contributed by atoms with Crippen molar-refractivity contribution in [3.8, 4) is 11.5 Å². The van der Waals surface area contributed by atoms with Crippen molar-refractivity contribution in [3.05, 3.63) is 94.8 Å². The molecule has 3 aromatic rings. The predicted octanol–water partition coefficient (Wildman–Crippen LogP) is 4.85. The van der Waals surface area contributed by atoms with Crippen molar-refractivity contribution in [2.45, 2.75) is 32.4 Å². The molecule has 2 aliphatic heterocycles. The molecule has 1 fully saturated rings. The van der Waals surface area contributed by atoms with Crippen LogP contribution in [0.15, 0.2) is 66.7 Å². The molecule has 1 saturated heterocycles. The van der Waals surface area contributed by atoms with E-state index in [1.807, 2.05) is 21.9 Å². The van der Waals surface area contributed by atoms with Crippen molar-refractivity contribution in [1.29, 1.82) is 0 Å². The molecule has 6 nitrogen and oxygen atoms in total. The van der Waals surface area contributed by atoms with Gasteiger partial charge in [-0.25, -0.2) is 4.39 Å². The van der Waals surface area contributed by atoms with Crippen LogP contribution < -0.4 is 9.47 Å². The Morgan fingerprint density at radius 2 is 1.54 bits per heavy atom. The van der Waals surface area contributed by atoms with E-state index in [0.29, 0.717) is 62.5 Å². The van der Waals surface area contributed by atoms with Crippen molar-refractivity contribution >= 4 is 11.8 Å². The third-order valence-electron chi connectivity index (χ3n) is 7.64. The first-order valence-electron chi connectivity index (χ1n) is 12.5. The first kappa shape index (κ1) is 24.8. The summed E-state index contributed by atoms with van der Waals surface area (Å²) >= 11 is 0. The van der Waals surface area contributed by atoms with Gasteiger partial charge in [-0.3, -0.25) is 9.59 Å². The zero-order valence-corrected chi connectivity index (χ0v) is 21.2. The maximum Gasteiger partial charge on any atom is 0.254 e. The van der Waals surface area contributed by atoms with E-state index in [0.717, 1.165) is 11.1 Å². The summed E-state index contributed by atoms with van der Waals surface area (Å²) in [5.74, 6) is 0.824. The third-order valence-corrected chi connectivity index (χ3v) is 7.64. The molecular weight excluding hydrogens is 471 g/mol. The molecule has 1 spiro atoms. The Hall–Kier alpha value is -3.87. The van der Waals surface area contributed by atoms with Gasteiger partial charge >= 0.3 is 0 Å². The van der Waals surface area contributed by atoms with E-state index in [4.69, 9.17) is 9.47 Å². The van der Waals surface area contributed by atoms with E-state index in [-0.39, 0.29) is 17.6 Å². The second kappa shape index (κ2) is 10.2. The molecule has 2 amide bonds. The Balaban J connectivity index is 1.39. The average molecular weight is 503 g/mol. The number of methoxy groups -OCH3 is 2. The fourth-order valence-electron chi connectivity index (χ4n) is 5.52. The summed E-state index contributed by atoms with van der Waals surface area (Å²) in [4.78, 5) is 31.2. The SMILES string of the molecule is COc1cc(OC)cc(C(=O)N2CCC3(CC2)Cc2ccccc2CN(Cc2ccc(F)cc2)C3=O)c1. The van der Waals surface area contributed by atoms with Crippen LogP contribution in [0.5, 0.6) is 11.5 Å². The van der Waals surface area contributed by atoms with E-state index >= 15 is 0 Å². The first-order chi connectivity index (χ1) is 17.9. The molecule has 3 aromatic carbocycles. The quantitative estimate of drug-likeness (QED) is 0.501. The van der Waals surface area contributed by atoms with E-state index in [2.05, 4.69) is 12.1 Å². The second-order valence-electron chi connectivity index (χ2n) is 9.91. The number of carbonyl (C=O) groups excluding carboxylic acids is 2. The highest BCUT2D eigenvalue weighted by molar-refractivity contribution is 5.95. The largest absolute Gasteiger partial charge is 0.497 e. The molecule has 0 bridgehead atoms. The van der Waals surface area contributed by atoms with Crippen LogP contribution in [0.1, 0.15) is 39.9 Å². The lowest BCUT2D eigenvalue weighted by molar-refractivity contribution is -0.145. The number of halogens is 1. The molecular formula is C30H31FN2O4. The van der Waals surface area contributed by atoms with Crippen LogP contribution in [-0.4, -0.2) is 48.9 Å².